The Morgan fingerprint density at radius 3 is 2.82 bits per heavy atom. The molecule has 1 fully saturated rings. The van der Waals surface area contributed by atoms with Crippen molar-refractivity contribution in [2.45, 2.75) is 18.9 Å². The summed E-state index contributed by atoms with van der Waals surface area (Å²) in [4.78, 5) is 22.8. The van der Waals surface area contributed by atoms with Gasteiger partial charge in [-0.1, -0.05) is 30.3 Å². The largest absolute Gasteiger partial charge is 0.481 e. The zero-order valence-electron chi connectivity index (χ0n) is 12.4. The molecule has 1 saturated heterocycles. The summed E-state index contributed by atoms with van der Waals surface area (Å²) in [7, 11) is 0. The van der Waals surface area contributed by atoms with Crippen LogP contribution in [0.15, 0.2) is 30.3 Å². The predicted octanol–water partition coefficient (Wildman–Crippen LogP) is 2.09. The molecule has 22 heavy (non-hydrogen) atoms. The summed E-state index contributed by atoms with van der Waals surface area (Å²) in [6.07, 6.45) is 1.50. The SMILES string of the molecule is O=C(O)CSCCNC(=O)C1CCCOC1c1ccccc1. The van der Waals surface area contributed by atoms with Crippen LogP contribution in [0.2, 0.25) is 0 Å². The third kappa shape index (κ3) is 5.03. The Morgan fingerprint density at radius 1 is 1.32 bits per heavy atom. The van der Waals surface area contributed by atoms with Crippen molar-refractivity contribution in [1.29, 1.82) is 0 Å². The van der Waals surface area contributed by atoms with Crippen LogP contribution in [0.25, 0.3) is 0 Å². The second-order valence-corrected chi connectivity index (χ2v) is 6.29. The van der Waals surface area contributed by atoms with Crippen LogP contribution in [0.5, 0.6) is 0 Å². The van der Waals surface area contributed by atoms with Gasteiger partial charge in [0.05, 0.1) is 17.8 Å². The van der Waals surface area contributed by atoms with E-state index in [4.69, 9.17) is 9.84 Å². The Morgan fingerprint density at radius 2 is 2.09 bits per heavy atom. The third-order valence-electron chi connectivity index (χ3n) is 3.56. The lowest BCUT2D eigenvalue weighted by Gasteiger charge is -2.31. The molecule has 2 unspecified atom stereocenters. The van der Waals surface area contributed by atoms with E-state index >= 15 is 0 Å². The molecule has 0 radical (unpaired) electrons. The fourth-order valence-electron chi connectivity index (χ4n) is 2.56. The molecule has 1 aromatic carbocycles. The van der Waals surface area contributed by atoms with Gasteiger partial charge in [0.1, 0.15) is 0 Å². The van der Waals surface area contributed by atoms with E-state index in [1.54, 1.807) is 0 Å². The molecule has 0 spiro atoms. The van der Waals surface area contributed by atoms with E-state index in [-0.39, 0.29) is 23.7 Å². The number of amides is 1. The Balaban J connectivity index is 1.85. The average Bonchev–Trinajstić information content (AvgIpc) is 2.55. The molecular weight excluding hydrogens is 302 g/mol. The summed E-state index contributed by atoms with van der Waals surface area (Å²) < 4.78 is 5.81. The molecule has 120 valence electrons. The lowest BCUT2D eigenvalue weighted by atomic mass is 9.89. The number of ether oxygens (including phenoxy) is 1. The molecule has 0 aromatic heterocycles. The normalized spacial score (nSPS) is 21.3. The molecule has 1 aliphatic heterocycles. The van der Waals surface area contributed by atoms with Crippen LogP contribution in [-0.4, -0.2) is 41.6 Å². The van der Waals surface area contributed by atoms with Gasteiger partial charge in [-0.2, -0.15) is 0 Å². The molecule has 2 atom stereocenters. The fraction of sp³-hybridized carbons (Fsp3) is 0.500. The molecule has 5 nitrogen and oxygen atoms in total. The minimum Gasteiger partial charge on any atom is -0.481 e. The standard InChI is InChI=1S/C16H21NO4S/c18-14(19)11-22-10-8-17-16(20)13-7-4-9-21-15(13)12-5-2-1-3-6-12/h1-3,5-6,13,15H,4,7-11H2,(H,17,20)(H,18,19). The lowest BCUT2D eigenvalue weighted by Crippen LogP contribution is -2.38. The van der Waals surface area contributed by atoms with Gasteiger partial charge in [-0.05, 0) is 18.4 Å². The number of aliphatic carboxylic acids is 1. The molecular formula is C16H21NO4S. The number of carboxylic acids is 1. The molecule has 2 rings (SSSR count). The van der Waals surface area contributed by atoms with Gasteiger partial charge in [-0.15, -0.1) is 11.8 Å². The number of thioether (sulfide) groups is 1. The quantitative estimate of drug-likeness (QED) is 0.752. The van der Waals surface area contributed by atoms with Crippen molar-refractivity contribution < 1.29 is 19.4 Å². The number of nitrogens with one attached hydrogen (secondary N) is 1. The molecule has 0 bridgehead atoms. The number of carbonyl (C=O) groups excluding carboxylic acids is 1. The van der Waals surface area contributed by atoms with Gasteiger partial charge in [0.15, 0.2) is 0 Å². The Bertz CT molecular complexity index is 494. The van der Waals surface area contributed by atoms with Crippen molar-refractivity contribution in [2.75, 3.05) is 24.7 Å². The van der Waals surface area contributed by atoms with Crippen molar-refractivity contribution >= 4 is 23.6 Å². The van der Waals surface area contributed by atoms with Gasteiger partial charge < -0.3 is 15.2 Å². The molecule has 6 heteroatoms. The highest BCUT2D eigenvalue weighted by Crippen LogP contribution is 2.33. The second kappa shape index (κ2) is 8.80. The number of carbonyl (C=O) groups is 2. The van der Waals surface area contributed by atoms with E-state index in [2.05, 4.69) is 5.32 Å². The average molecular weight is 323 g/mol. The molecule has 0 aliphatic carbocycles. The minimum absolute atomic E-state index is 0.00974. The maximum atomic E-state index is 12.4. The zero-order chi connectivity index (χ0) is 15.8. The minimum atomic E-state index is -0.832. The molecule has 0 saturated carbocycles. The van der Waals surface area contributed by atoms with Gasteiger partial charge in [-0.3, -0.25) is 9.59 Å². The molecule has 1 aromatic rings. The Kier molecular flexibility index (Phi) is 6.74. The van der Waals surface area contributed by atoms with Crippen LogP contribution in [0, 0.1) is 5.92 Å². The highest BCUT2D eigenvalue weighted by Gasteiger charge is 2.32. The van der Waals surface area contributed by atoms with Crippen LogP contribution in [0.4, 0.5) is 0 Å². The third-order valence-corrected chi connectivity index (χ3v) is 4.50. The van der Waals surface area contributed by atoms with Crippen molar-refractivity contribution in [1.82, 2.24) is 5.32 Å². The van der Waals surface area contributed by atoms with Gasteiger partial charge in [-0.25, -0.2) is 0 Å². The van der Waals surface area contributed by atoms with Crippen molar-refractivity contribution in [3.8, 4) is 0 Å². The van der Waals surface area contributed by atoms with Crippen LogP contribution >= 0.6 is 11.8 Å². The van der Waals surface area contributed by atoms with E-state index in [9.17, 15) is 9.59 Å². The van der Waals surface area contributed by atoms with Gasteiger partial charge in [0.2, 0.25) is 5.91 Å². The summed E-state index contributed by atoms with van der Waals surface area (Å²) in [5.41, 5.74) is 1.03. The second-order valence-electron chi connectivity index (χ2n) is 5.19. The maximum absolute atomic E-state index is 12.4. The summed E-state index contributed by atoms with van der Waals surface area (Å²) in [6, 6.07) is 9.81. The van der Waals surface area contributed by atoms with E-state index in [0.717, 1.165) is 18.4 Å². The number of benzene rings is 1. The number of carboxylic acid groups (broad SMARTS) is 1. The summed E-state index contributed by atoms with van der Waals surface area (Å²) in [5.74, 6) is -0.359. The smallest absolute Gasteiger partial charge is 0.313 e. The topological polar surface area (TPSA) is 75.6 Å². The van der Waals surface area contributed by atoms with Crippen LogP contribution in [0.3, 0.4) is 0 Å². The first kappa shape index (κ1) is 16.8. The monoisotopic (exact) mass is 323 g/mol. The van der Waals surface area contributed by atoms with E-state index in [1.165, 1.54) is 11.8 Å². The predicted molar refractivity (Wildman–Crippen MR) is 85.8 cm³/mol. The highest BCUT2D eigenvalue weighted by atomic mass is 32.2. The molecule has 1 amide bonds. The number of hydrogen-bond donors (Lipinski definition) is 2. The first-order valence-corrected chi connectivity index (χ1v) is 8.58. The number of rotatable bonds is 7. The van der Waals surface area contributed by atoms with E-state index < -0.39 is 5.97 Å². The van der Waals surface area contributed by atoms with Gasteiger partial charge in [0, 0.05) is 18.9 Å². The van der Waals surface area contributed by atoms with Gasteiger partial charge in [0.25, 0.3) is 0 Å². The number of hydrogen-bond acceptors (Lipinski definition) is 4. The molecule has 1 aliphatic rings. The van der Waals surface area contributed by atoms with Crippen LogP contribution in [0.1, 0.15) is 24.5 Å². The van der Waals surface area contributed by atoms with Crippen LogP contribution in [-0.2, 0) is 14.3 Å². The van der Waals surface area contributed by atoms with Crippen LogP contribution < -0.4 is 5.32 Å². The summed E-state index contributed by atoms with van der Waals surface area (Å²) >= 11 is 1.30. The van der Waals surface area contributed by atoms with E-state index in [0.29, 0.717) is 18.9 Å². The summed E-state index contributed by atoms with van der Waals surface area (Å²) in [5, 5.41) is 11.5. The van der Waals surface area contributed by atoms with E-state index in [1.807, 2.05) is 30.3 Å². The summed E-state index contributed by atoms with van der Waals surface area (Å²) in [6.45, 7) is 1.16. The first-order valence-electron chi connectivity index (χ1n) is 7.42. The zero-order valence-corrected chi connectivity index (χ0v) is 13.2. The maximum Gasteiger partial charge on any atom is 0.313 e. The lowest BCUT2D eigenvalue weighted by molar-refractivity contribution is -0.135. The van der Waals surface area contributed by atoms with Gasteiger partial charge >= 0.3 is 5.97 Å². The van der Waals surface area contributed by atoms with Crippen molar-refractivity contribution in [2.24, 2.45) is 5.92 Å². The van der Waals surface area contributed by atoms with Crippen molar-refractivity contribution in [3.05, 3.63) is 35.9 Å². The highest BCUT2D eigenvalue weighted by molar-refractivity contribution is 7.99. The van der Waals surface area contributed by atoms with Crippen molar-refractivity contribution in [3.63, 3.8) is 0 Å². The molecule has 2 N–H and O–H groups in total. The Labute approximate surface area is 134 Å². The molecule has 1 heterocycles. The fourth-order valence-corrected chi connectivity index (χ4v) is 3.12. The first-order chi connectivity index (χ1) is 10.7. The Hall–Kier alpha value is -1.53.